The maximum Gasteiger partial charge on any atom is 0.215 e. The molecule has 0 aliphatic heterocycles. The largest absolute Gasteiger partial charge is 0.483 e. The van der Waals surface area contributed by atoms with Crippen molar-refractivity contribution in [1.29, 1.82) is 5.41 Å². The minimum Gasteiger partial charge on any atom is -0.483 e. The zero-order chi connectivity index (χ0) is 17.1. The van der Waals surface area contributed by atoms with E-state index in [9.17, 15) is 8.78 Å². The standard InChI is InChI=1S/C14H15F2IN4O2/c1-7-12(13(18)19)20-21(14(7)22-2)5-9-10(15)3-8(23-6-17)4-11(9)16/h3-4H,5-6H2,1-2H3,(H3,18,19). The van der Waals surface area contributed by atoms with Crippen LogP contribution in [-0.2, 0) is 6.54 Å². The fraction of sp³-hybridized carbons (Fsp3) is 0.286. The van der Waals surface area contributed by atoms with Crippen LogP contribution < -0.4 is 15.2 Å². The number of nitrogens with zero attached hydrogens (tertiary/aromatic N) is 2. The number of benzene rings is 1. The van der Waals surface area contributed by atoms with Gasteiger partial charge in [-0.15, -0.1) is 0 Å². The van der Waals surface area contributed by atoms with Crippen LogP contribution in [0.1, 0.15) is 16.8 Å². The minimum atomic E-state index is -0.746. The molecule has 0 saturated carbocycles. The zero-order valence-corrected chi connectivity index (χ0v) is 14.6. The van der Waals surface area contributed by atoms with Gasteiger partial charge in [0.05, 0.1) is 13.7 Å². The first-order valence-electron chi connectivity index (χ1n) is 6.51. The van der Waals surface area contributed by atoms with Crippen LogP contribution in [0.15, 0.2) is 12.1 Å². The second-order valence-corrected chi connectivity index (χ2v) is 5.30. The molecule has 0 aliphatic carbocycles. The van der Waals surface area contributed by atoms with Gasteiger partial charge in [0.1, 0.15) is 33.5 Å². The molecule has 23 heavy (non-hydrogen) atoms. The summed E-state index contributed by atoms with van der Waals surface area (Å²) >= 11 is 1.93. The number of rotatable bonds is 6. The molecule has 1 heterocycles. The number of halogens is 3. The Morgan fingerprint density at radius 2 is 2.00 bits per heavy atom. The van der Waals surface area contributed by atoms with Gasteiger partial charge in [-0.05, 0) is 29.5 Å². The molecule has 0 spiro atoms. The topological polar surface area (TPSA) is 86.1 Å². The highest BCUT2D eigenvalue weighted by molar-refractivity contribution is 14.1. The quantitative estimate of drug-likeness (QED) is 0.316. The Kier molecular flexibility index (Phi) is 5.39. The van der Waals surface area contributed by atoms with Gasteiger partial charge in [-0.3, -0.25) is 5.41 Å². The van der Waals surface area contributed by atoms with Gasteiger partial charge in [0.25, 0.3) is 0 Å². The van der Waals surface area contributed by atoms with Gasteiger partial charge in [-0.2, -0.15) is 5.10 Å². The summed E-state index contributed by atoms with van der Waals surface area (Å²) in [5.74, 6) is -1.33. The first-order chi connectivity index (χ1) is 10.9. The first kappa shape index (κ1) is 17.4. The number of nitrogen functional groups attached to an aromatic ring is 1. The van der Waals surface area contributed by atoms with Crippen molar-refractivity contribution in [2.24, 2.45) is 5.73 Å². The van der Waals surface area contributed by atoms with Crippen LogP contribution in [-0.4, -0.2) is 27.3 Å². The minimum absolute atomic E-state index is 0.117. The van der Waals surface area contributed by atoms with E-state index >= 15 is 0 Å². The van der Waals surface area contributed by atoms with Crippen LogP contribution in [0.5, 0.6) is 11.6 Å². The Balaban J connectivity index is 2.43. The van der Waals surface area contributed by atoms with Crippen molar-refractivity contribution >= 4 is 28.4 Å². The van der Waals surface area contributed by atoms with Crippen molar-refractivity contribution in [3.05, 3.63) is 40.6 Å². The van der Waals surface area contributed by atoms with Crippen molar-refractivity contribution in [3.63, 3.8) is 0 Å². The SMILES string of the molecule is COc1c(C)c(C(=N)N)nn1Cc1c(F)cc(OCI)cc1F. The van der Waals surface area contributed by atoms with E-state index in [1.807, 2.05) is 22.6 Å². The molecule has 0 saturated heterocycles. The highest BCUT2D eigenvalue weighted by atomic mass is 127. The zero-order valence-electron chi connectivity index (χ0n) is 12.5. The van der Waals surface area contributed by atoms with Crippen LogP contribution in [0.4, 0.5) is 8.78 Å². The van der Waals surface area contributed by atoms with Crippen molar-refractivity contribution in [2.45, 2.75) is 13.5 Å². The number of nitrogens with one attached hydrogen (secondary N) is 1. The molecule has 6 nitrogen and oxygen atoms in total. The number of nitrogens with two attached hydrogens (primary N) is 1. The molecule has 1 aromatic heterocycles. The molecule has 1 aromatic carbocycles. The molecule has 0 aliphatic rings. The molecule has 2 rings (SSSR count). The summed E-state index contributed by atoms with van der Waals surface area (Å²) in [6, 6.07) is 2.23. The number of ether oxygens (including phenoxy) is 2. The van der Waals surface area contributed by atoms with E-state index < -0.39 is 11.6 Å². The lowest BCUT2D eigenvalue weighted by Crippen LogP contribution is -2.14. The third-order valence-electron chi connectivity index (χ3n) is 3.22. The summed E-state index contributed by atoms with van der Waals surface area (Å²) < 4.78 is 40.1. The van der Waals surface area contributed by atoms with E-state index in [4.69, 9.17) is 20.6 Å². The van der Waals surface area contributed by atoms with Gasteiger partial charge >= 0.3 is 0 Å². The number of methoxy groups -OCH3 is 1. The third kappa shape index (κ3) is 3.54. The molecule has 2 aromatic rings. The predicted octanol–water partition coefficient (Wildman–Crippen LogP) is 2.58. The van der Waals surface area contributed by atoms with Gasteiger partial charge < -0.3 is 15.2 Å². The lowest BCUT2D eigenvalue weighted by atomic mass is 10.2. The van der Waals surface area contributed by atoms with E-state index in [1.165, 1.54) is 11.8 Å². The van der Waals surface area contributed by atoms with Crippen LogP contribution in [0, 0.1) is 24.0 Å². The van der Waals surface area contributed by atoms with Crippen molar-refractivity contribution in [1.82, 2.24) is 9.78 Å². The normalized spacial score (nSPS) is 10.7. The summed E-state index contributed by atoms with van der Waals surface area (Å²) in [4.78, 5) is 0. The average molecular weight is 436 g/mol. The monoisotopic (exact) mass is 436 g/mol. The van der Waals surface area contributed by atoms with E-state index in [2.05, 4.69) is 5.10 Å². The van der Waals surface area contributed by atoms with Gasteiger partial charge in [-0.1, -0.05) is 0 Å². The van der Waals surface area contributed by atoms with E-state index in [-0.39, 0.29) is 34.0 Å². The molecule has 0 bridgehead atoms. The second-order valence-electron chi connectivity index (χ2n) is 4.67. The van der Waals surface area contributed by atoms with Crippen LogP contribution >= 0.6 is 22.6 Å². The Morgan fingerprint density at radius 3 is 2.48 bits per heavy atom. The van der Waals surface area contributed by atoms with E-state index in [0.29, 0.717) is 11.4 Å². The second kappa shape index (κ2) is 7.11. The lowest BCUT2D eigenvalue weighted by molar-refractivity contribution is 0.360. The van der Waals surface area contributed by atoms with E-state index in [0.717, 1.165) is 12.1 Å². The average Bonchev–Trinajstić information content (AvgIpc) is 2.79. The number of aromatic nitrogens is 2. The molecular weight excluding hydrogens is 421 g/mol. The Morgan fingerprint density at radius 1 is 1.39 bits per heavy atom. The molecule has 3 N–H and O–H groups in total. The van der Waals surface area contributed by atoms with Gasteiger partial charge in [-0.25, -0.2) is 13.5 Å². The Hall–Kier alpha value is -1.91. The van der Waals surface area contributed by atoms with Crippen molar-refractivity contribution in [3.8, 4) is 11.6 Å². The summed E-state index contributed by atoms with van der Waals surface area (Å²) in [7, 11) is 1.41. The molecule has 0 amide bonds. The maximum atomic E-state index is 14.2. The molecule has 0 unspecified atom stereocenters. The van der Waals surface area contributed by atoms with Gasteiger partial charge in [0, 0.05) is 23.3 Å². The number of amidine groups is 1. The molecular formula is C14H15F2IN4O2. The maximum absolute atomic E-state index is 14.2. The van der Waals surface area contributed by atoms with Crippen LogP contribution in [0.3, 0.4) is 0 Å². The Bertz CT molecular complexity index is 726. The smallest absolute Gasteiger partial charge is 0.215 e. The van der Waals surface area contributed by atoms with Crippen LogP contribution in [0.25, 0.3) is 0 Å². The van der Waals surface area contributed by atoms with Gasteiger partial charge in [0.2, 0.25) is 5.88 Å². The summed E-state index contributed by atoms with van der Waals surface area (Å²) in [6.45, 7) is 1.47. The fourth-order valence-electron chi connectivity index (χ4n) is 2.18. The summed E-state index contributed by atoms with van der Waals surface area (Å²) in [5, 5.41) is 11.6. The van der Waals surface area contributed by atoms with Crippen LogP contribution in [0.2, 0.25) is 0 Å². The molecule has 0 atom stereocenters. The highest BCUT2D eigenvalue weighted by Crippen LogP contribution is 2.26. The lowest BCUT2D eigenvalue weighted by Gasteiger charge is -2.10. The molecule has 9 heteroatoms. The molecule has 124 valence electrons. The van der Waals surface area contributed by atoms with Crippen molar-refractivity contribution < 1.29 is 18.3 Å². The number of alkyl halides is 1. The highest BCUT2D eigenvalue weighted by Gasteiger charge is 2.20. The number of hydrogen-bond acceptors (Lipinski definition) is 4. The first-order valence-corrected chi connectivity index (χ1v) is 8.04. The fourth-order valence-corrected chi connectivity index (χ4v) is 2.54. The van der Waals surface area contributed by atoms with Gasteiger partial charge in [0.15, 0.2) is 0 Å². The molecule has 0 radical (unpaired) electrons. The third-order valence-corrected chi connectivity index (χ3v) is 3.53. The number of hydrogen-bond donors (Lipinski definition) is 2. The van der Waals surface area contributed by atoms with Crippen molar-refractivity contribution in [2.75, 3.05) is 11.7 Å². The Labute approximate surface area is 145 Å². The predicted molar refractivity (Wildman–Crippen MR) is 89.5 cm³/mol. The summed E-state index contributed by atoms with van der Waals surface area (Å²) in [5.41, 5.74) is 6.01. The molecule has 0 fully saturated rings. The van der Waals surface area contributed by atoms with E-state index in [1.54, 1.807) is 6.92 Å². The summed E-state index contributed by atoms with van der Waals surface area (Å²) in [6.07, 6.45) is 0.